The van der Waals surface area contributed by atoms with Crippen molar-refractivity contribution in [1.82, 2.24) is 4.98 Å². The van der Waals surface area contributed by atoms with Crippen LogP contribution >= 0.6 is 0 Å². The van der Waals surface area contributed by atoms with Crippen molar-refractivity contribution in [3.8, 4) is 6.07 Å². The molecule has 15 heavy (non-hydrogen) atoms. The molecule has 0 aliphatic heterocycles. The van der Waals surface area contributed by atoms with Crippen molar-refractivity contribution < 1.29 is 8.42 Å². The zero-order valence-corrected chi connectivity index (χ0v) is 9.25. The van der Waals surface area contributed by atoms with Crippen molar-refractivity contribution in [2.24, 2.45) is 0 Å². The Bertz CT molecular complexity index is 471. The highest BCUT2D eigenvalue weighted by molar-refractivity contribution is 7.93. The van der Waals surface area contributed by atoms with Crippen LogP contribution in [-0.4, -0.2) is 18.7 Å². The zero-order valence-electron chi connectivity index (χ0n) is 8.43. The lowest BCUT2D eigenvalue weighted by molar-refractivity contribution is 0.592. The molecule has 0 fully saturated rings. The minimum absolute atomic E-state index is 0.225. The highest BCUT2D eigenvalue weighted by atomic mass is 32.2. The van der Waals surface area contributed by atoms with E-state index < -0.39 is 15.3 Å². The minimum Gasteiger partial charge on any atom is -0.267 e. The molecule has 80 valence electrons. The average Bonchev–Trinajstić information content (AvgIpc) is 2.18. The summed E-state index contributed by atoms with van der Waals surface area (Å²) in [4.78, 5) is 3.80. The van der Waals surface area contributed by atoms with E-state index in [0.717, 1.165) is 0 Å². The second-order valence-electron chi connectivity index (χ2n) is 3.24. The molecule has 0 radical (unpaired) electrons. The van der Waals surface area contributed by atoms with Crippen LogP contribution in [0.25, 0.3) is 0 Å². The lowest BCUT2D eigenvalue weighted by atomic mass is 10.3. The van der Waals surface area contributed by atoms with Crippen molar-refractivity contribution >= 4 is 15.8 Å². The molecule has 0 spiro atoms. The van der Waals surface area contributed by atoms with Gasteiger partial charge in [-0.2, -0.15) is 5.26 Å². The third-order valence-corrected chi connectivity index (χ3v) is 3.49. The maximum Gasteiger partial charge on any atom is 0.236 e. The Kier molecular flexibility index (Phi) is 3.27. The molecule has 1 heterocycles. The van der Waals surface area contributed by atoms with E-state index in [1.165, 1.54) is 18.3 Å². The van der Waals surface area contributed by atoms with Crippen molar-refractivity contribution in [2.75, 3.05) is 4.72 Å². The van der Waals surface area contributed by atoms with Crippen molar-refractivity contribution in [3.63, 3.8) is 0 Å². The van der Waals surface area contributed by atoms with E-state index in [1.807, 2.05) is 6.07 Å². The standard InChI is InChI=1S/C9H11N3O2S/c1-7(2)15(13,14)12-9-4-3-8(5-10)6-11-9/h3-4,6-7H,1-2H3,(H,11,12). The molecule has 1 N–H and O–H groups in total. The second-order valence-corrected chi connectivity index (χ2v) is 5.48. The Balaban J connectivity index is 2.88. The number of aromatic nitrogens is 1. The third-order valence-electron chi connectivity index (χ3n) is 1.76. The zero-order chi connectivity index (χ0) is 11.5. The van der Waals surface area contributed by atoms with E-state index in [0.29, 0.717) is 5.56 Å². The van der Waals surface area contributed by atoms with Crippen molar-refractivity contribution in [3.05, 3.63) is 23.9 Å². The van der Waals surface area contributed by atoms with Gasteiger partial charge in [-0.15, -0.1) is 0 Å². The highest BCUT2D eigenvalue weighted by Gasteiger charge is 2.15. The van der Waals surface area contributed by atoms with E-state index in [1.54, 1.807) is 13.8 Å². The van der Waals surface area contributed by atoms with Crippen molar-refractivity contribution in [1.29, 1.82) is 5.26 Å². The molecule has 0 saturated heterocycles. The van der Waals surface area contributed by atoms with Gasteiger partial charge in [0, 0.05) is 6.20 Å². The number of hydrogen-bond donors (Lipinski definition) is 1. The number of nitrogens with zero attached hydrogens (tertiary/aromatic N) is 2. The molecule has 1 rings (SSSR count). The van der Waals surface area contributed by atoms with Crippen molar-refractivity contribution in [2.45, 2.75) is 19.1 Å². The van der Waals surface area contributed by atoms with Crippen LogP contribution in [0.4, 0.5) is 5.82 Å². The van der Waals surface area contributed by atoms with Gasteiger partial charge in [-0.25, -0.2) is 13.4 Å². The van der Waals surface area contributed by atoms with Gasteiger partial charge < -0.3 is 0 Å². The van der Waals surface area contributed by atoms with Gasteiger partial charge in [0.1, 0.15) is 11.9 Å². The summed E-state index contributed by atoms with van der Waals surface area (Å²) in [7, 11) is -3.37. The van der Waals surface area contributed by atoms with Gasteiger partial charge in [-0.3, -0.25) is 4.72 Å². The van der Waals surface area contributed by atoms with Crippen LogP contribution in [-0.2, 0) is 10.0 Å². The first kappa shape index (κ1) is 11.5. The molecular weight excluding hydrogens is 214 g/mol. The normalized spacial score (nSPS) is 11.1. The fourth-order valence-corrected chi connectivity index (χ4v) is 1.43. The summed E-state index contributed by atoms with van der Waals surface area (Å²) < 4.78 is 25.2. The van der Waals surface area contributed by atoms with E-state index in [9.17, 15) is 8.42 Å². The molecular formula is C9H11N3O2S. The Hall–Kier alpha value is -1.61. The van der Waals surface area contributed by atoms with E-state index in [4.69, 9.17) is 5.26 Å². The Morgan fingerprint density at radius 3 is 2.53 bits per heavy atom. The summed E-state index contributed by atoms with van der Waals surface area (Å²) in [5.74, 6) is 0.225. The highest BCUT2D eigenvalue weighted by Crippen LogP contribution is 2.09. The van der Waals surface area contributed by atoms with Gasteiger partial charge in [0.2, 0.25) is 10.0 Å². The fraction of sp³-hybridized carbons (Fsp3) is 0.333. The van der Waals surface area contributed by atoms with Gasteiger partial charge in [0.25, 0.3) is 0 Å². The molecule has 0 aliphatic carbocycles. The van der Waals surface area contributed by atoms with Crippen LogP contribution < -0.4 is 4.72 Å². The monoisotopic (exact) mass is 225 g/mol. The third kappa shape index (κ3) is 2.92. The summed E-state index contributed by atoms with van der Waals surface area (Å²) in [5.41, 5.74) is 0.391. The minimum atomic E-state index is -3.37. The molecule has 0 unspecified atom stereocenters. The molecule has 0 aliphatic rings. The maximum absolute atomic E-state index is 11.4. The SMILES string of the molecule is CC(C)S(=O)(=O)Nc1ccc(C#N)cn1. The summed E-state index contributed by atoms with van der Waals surface area (Å²) >= 11 is 0. The largest absolute Gasteiger partial charge is 0.267 e. The number of anilines is 1. The van der Waals surface area contributed by atoms with Crippen LogP contribution in [0.2, 0.25) is 0 Å². The molecule has 0 saturated carbocycles. The topological polar surface area (TPSA) is 82.9 Å². The van der Waals surface area contributed by atoms with Gasteiger partial charge in [0.05, 0.1) is 10.8 Å². The molecule has 5 nitrogen and oxygen atoms in total. The molecule has 1 aromatic heterocycles. The number of hydrogen-bond acceptors (Lipinski definition) is 4. The Labute approximate surface area is 88.8 Å². The first-order valence-electron chi connectivity index (χ1n) is 4.33. The fourth-order valence-electron chi connectivity index (χ4n) is 0.784. The summed E-state index contributed by atoms with van der Waals surface area (Å²) in [6, 6.07) is 4.86. The van der Waals surface area contributed by atoms with Crippen LogP contribution in [0, 0.1) is 11.3 Å². The molecule has 0 aromatic carbocycles. The van der Waals surface area contributed by atoms with Gasteiger partial charge in [0.15, 0.2) is 0 Å². The lowest BCUT2D eigenvalue weighted by Gasteiger charge is -2.09. The first-order chi connectivity index (χ1) is 6.95. The summed E-state index contributed by atoms with van der Waals surface area (Å²) in [6.45, 7) is 3.15. The van der Waals surface area contributed by atoms with Gasteiger partial charge in [-0.1, -0.05) is 0 Å². The maximum atomic E-state index is 11.4. The van der Waals surface area contributed by atoms with Crippen LogP contribution in [0.5, 0.6) is 0 Å². The number of rotatable bonds is 3. The Morgan fingerprint density at radius 1 is 1.47 bits per heavy atom. The predicted molar refractivity (Wildman–Crippen MR) is 56.6 cm³/mol. The number of nitriles is 1. The smallest absolute Gasteiger partial charge is 0.236 e. The number of pyridine rings is 1. The number of nitrogens with one attached hydrogen (secondary N) is 1. The van der Waals surface area contributed by atoms with E-state index in [-0.39, 0.29) is 5.82 Å². The molecule has 6 heteroatoms. The molecule has 0 amide bonds. The van der Waals surface area contributed by atoms with Crippen LogP contribution in [0.15, 0.2) is 18.3 Å². The van der Waals surface area contributed by atoms with E-state index in [2.05, 4.69) is 9.71 Å². The predicted octanol–water partition coefficient (Wildman–Crippen LogP) is 1.10. The van der Waals surface area contributed by atoms with E-state index >= 15 is 0 Å². The molecule has 1 aromatic rings. The molecule has 0 bridgehead atoms. The van der Waals surface area contributed by atoms with Crippen LogP contribution in [0.3, 0.4) is 0 Å². The Morgan fingerprint density at radius 2 is 2.13 bits per heavy atom. The lowest BCUT2D eigenvalue weighted by Crippen LogP contribution is -2.22. The molecule has 0 atom stereocenters. The van der Waals surface area contributed by atoms with Crippen LogP contribution in [0.1, 0.15) is 19.4 Å². The average molecular weight is 225 g/mol. The number of sulfonamides is 1. The second kappa shape index (κ2) is 4.28. The summed E-state index contributed by atoms with van der Waals surface area (Å²) in [6.07, 6.45) is 1.32. The quantitative estimate of drug-likeness (QED) is 0.835. The van der Waals surface area contributed by atoms with Gasteiger partial charge >= 0.3 is 0 Å². The first-order valence-corrected chi connectivity index (χ1v) is 5.88. The van der Waals surface area contributed by atoms with Gasteiger partial charge in [-0.05, 0) is 26.0 Å². The summed E-state index contributed by atoms with van der Waals surface area (Å²) in [5, 5.41) is 8.00.